The molecule has 1 amide bonds. The summed E-state index contributed by atoms with van der Waals surface area (Å²) in [5.41, 5.74) is -0.958. The van der Waals surface area contributed by atoms with E-state index in [2.05, 4.69) is 31.0 Å². The van der Waals surface area contributed by atoms with Crippen LogP contribution >= 0.6 is 27.5 Å². The Morgan fingerprint density at radius 2 is 2.11 bits per heavy atom. The van der Waals surface area contributed by atoms with Gasteiger partial charge in [0.1, 0.15) is 10.7 Å². The van der Waals surface area contributed by atoms with Crippen molar-refractivity contribution in [3.63, 3.8) is 0 Å². The van der Waals surface area contributed by atoms with E-state index in [1.165, 1.54) is 33.2 Å². The number of methoxy groups -OCH3 is 1. The second kappa shape index (κ2) is 5.67. The summed E-state index contributed by atoms with van der Waals surface area (Å²) in [5.74, 6) is -1.04. The number of aromatic nitrogens is 1. The molecule has 18 heavy (non-hydrogen) atoms. The average Bonchev–Trinajstić information content (AvgIpc) is 2.30. The third kappa shape index (κ3) is 3.43. The Balaban J connectivity index is 2.95. The van der Waals surface area contributed by atoms with Crippen molar-refractivity contribution < 1.29 is 14.3 Å². The molecule has 1 aromatic heterocycles. The third-order valence-electron chi connectivity index (χ3n) is 2.17. The standard InChI is InChI=1S/C11H12BrClN2O3/c1-11(2,10(17)18-3)15-9(16)7-4-6(12)5-14-8(7)13/h4-5H,1-3H3,(H,15,16). The van der Waals surface area contributed by atoms with E-state index in [9.17, 15) is 9.59 Å². The predicted molar refractivity (Wildman–Crippen MR) is 70.5 cm³/mol. The molecular weight excluding hydrogens is 323 g/mol. The van der Waals surface area contributed by atoms with Crippen LogP contribution in [0.2, 0.25) is 5.15 Å². The lowest BCUT2D eigenvalue weighted by Crippen LogP contribution is -2.50. The predicted octanol–water partition coefficient (Wildman–Crippen LogP) is 2.18. The van der Waals surface area contributed by atoms with Crippen LogP contribution in [-0.2, 0) is 9.53 Å². The van der Waals surface area contributed by atoms with Gasteiger partial charge < -0.3 is 10.1 Å². The molecule has 0 saturated carbocycles. The van der Waals surface area contributed by atoms with Crippen molar-refractivity contribution >= 4 is 39.4 Å². The van der Waals surface area contributed by atoms with Gasteiger partial charge in [-0.2, -0.15) is 0 Å². The minimum atomic E-state index is -1.14. The Hall–Kier alpha value is -1.14. The summed E-state index contributed by atoms with van der Waals surface area (Å²) in [6.45, 7) is 3.08. The summed E-state index contributed by atoms with van der Waals surface area (Å²) in [4.78, 5) is 27.3. The number of nitrogens with one attached hydrogen (secondary N) is 1. The lowest BCUT2D eigenvalue weighted by atomic mass is 10.1. The second-order valence-corrected chi connectivity index (χ2v) is 5.34. The van der Waals surface area contributed by atoms with Crippen LogP contribution in [0.25, 0.3) is 0 Å². The first kappa shape index (κ1) is 14.9. The van der Waals surface area contributed by atoms with Crippen molar-refractivity contribution in [2.75, 3.05) is 7.11 Å². The van der Waals surface area contributed by atoms with Crippen molar-refractivity contribution in [2.45, 2.75) is 19.4 Å². The van der Waals surface area contributed by atoms with Crippen molar-refractivity contribution in [2.24, 2.45) is 0 Å². The molecule has 0 unspecified atom stereocenters. The van der Waals surface area contributed by atoms with Gasteiger partial charge in [-0.05, 0) is 35.8 Å². The number of amides is 1. The van der Waals surface area contributed by atoms with E-state index in [-0.39, 0.29) is 10.7 Å². The van der Waals surface area contributed by atoms with Crippen LogP contribution in [0.5, 0.6) is 0 Å². The minimum Gasteiger partial charge on any atom is -0.467 e. The van der Waals surface area contributed by atoms with E-state index < -0.39 is 17.4 Å². The summed E-state index contributed by atoms with van der Waals surface area (Å²) in [6.07, 6.45) is 1.48. The van der Waals surface area contributed by atoms with Gasteiger partial charge in [-0.1, -0.05) is 11.6 Å². The van der Waals surface area contributed by atoms with Crippen molar-refractivity contribution in [1.82, 2.24) is 10.3 Å². The summed E-state index contributed by atoms with van der Waals surface area (Å²) in [7, 11) is 1.25. The molecule has 1 aromatic rings. The number of ether oxygens (including phenoxy) is 1. The summed E-state index contributed by atoms with van der Waals surface area (Å²) < 4.78 is 5.21. The molecule has 0 aliphatic heterocycles. The molecule has 1 N–H and O–H groups in total. The number of hydrogen-bond acceptors (Lipinski definition) is 4. The molecule has 5 nitrogen and oxygen atoms in total. The number of carbonyl (C=O) groups is 2. The molecule has 0 spiro atoms. The first-order chi connectivity index (χ1) is 8.27. The van der Waals surface area contributed by atoms with Crippen molar-refractivity contribution in [3.8, 4) is 0 Å². The molecule has 0 radical (unpaired) electrons. The SMILES string of the molecule is COC(=O)C(C)(C)NC(=O)c1cc(Br)cnc1Cl. The highest BCUT2D eigenvalue weighted by Gasteiger charge is 2.31. The molecule has 98 valence electrons. The minimum absolute atomic E-state index is 0.0661. The number of nitrogens with zero attached hydrogens (tertiary/aromatic N) is 1. The molecule has 0 aliphatic rings. The van der Waals surface area contributed by atoms with Crippen molar-refractivity contribution in [3.05, 3.63) is 27.5 Å². The van der Waals surface area contributed by atoms with E-state index in [1.807, 2.05) is 0 Å². The Morgan fingerprint density at radius 3 is 2.67 bits per heavy atom. The number of carbonyl (C=O) groups excluding carboxylic acids is 2. The zero-order valence-electron chi connectivity index (χ0n) is 10.1. The summed E-state index contributed by atoms with van der Waals surface area (Å²) in [6, 6.07) is 1.53. The summed E-state index contributed by atoms with van der Waals surface area (Å²) >= 11 is 9.02. The number of halogens is 2. The molecule has 0 aromatic carbocycles. The zero-order valence-corrected chi connectivity index (χ0v) is 12.4. The van der Waals surface area contributed by atoms with Crippen LogP contribution in [0, 0.1) is 0 Å². The van der Waals surface area contributed by atoms with E-state index in [0.717, 1.165) is 0 Å². The van der Waals surface area contributed by atoms with Crippen LogP contribution in [0.1, 0.15) is 24.2 Å². The quantitative estimate of drug-likeness (QED) is 0.679. The molecule has 0 fully saturated rings. The molecule has 7 heteroatoms. The number of esters is 1. The highest BCUT2D eigenvalue weighted by molar-refractivity contribution is 9.10. The van der Waals surface area contributed by atoms with Crippen molar-refractivity contribution in [1.29, 1.82) is 0 Å². The lowest BCUT2D eigenvalue weighted by molar-refractivity contribution is -0.146. The van der Waals surface area contributed by atoms with Gasteiger partial charge in [0.25, 0.3) is 5.91 Å². The molecule has 0 bridgehead atoms. The van der Waals surface area contributed by atoms with Crippen LogP contribution in [0.4, 0.5) is 0 Å². The number of rotatable bonds is 3. The molecular formula is C11H12BrClN2O3. The van der Waals surface area contributed by atoms with E-state index in [0.29, 0.717) is 4.47 Å². The highest BCUT2D eigenvalue weighted by atomic mass is 79.9. The Morgan fingerprint density at radius 1 is 1.50 bits per heavy atom. The van der Waals surface area contributed by atoms with Crippen LogP contribution in [0.3, 0.4) is 0 Å². The molecule has 0 saturated heterocycles. The zero-order chi connectivity index (χ0) is 13.9. The Bertz CT molecular complexity index is 491. The van der Waals surface area contributed by atoms with E-state index in [4.69, 9.17) is 11.6 Å². The number of hydrogen-bond donors (Lipinski definition) is 1. The smallest absolute Gasteiger partial charge is 0.330 e. The first-order valence-corrected chi connectivity index (χ1v) is 6.17. The van der Waals surface area contributed by atoms with Gasteiger partial charge in [-0.25, -0.2) is 9.78 Å². The fraction of sp³-hybridized carbons (Fsp3) is 0.364. The van der Waals surface area contributed by atoms with Crippen LogP contribution < -0.4 is 5.32 Å². The van der Waals surface area contributed by atoms with Crippen LogP contribution in [0.15, 0.2) is 16.7 Å². The van der Waals surface area contributed by atoms with Gasteiger partial charge in [0.2, 0.25) is 0 Å². The lowest BCUT2D eigenvalue weighted by Gasteiger charge is -2.23. The molecule has 1 rings (SSSR count). The highest BCUT2D eigenvalue weighted by Crippen LogP contribution is 2.19. The third-order valence-corrected chi connectivity index (χ3v) is 2.91. The fourth-order valence-corrected chi connectivity index (χ4v) is 1.76. The summed E-state index contributed by atoms with van der Waals surface area (Å²) in [5, 5.41) is 2.60. The maximum absolute atomic E-state index is 12.0. The maximum Gasteiger partial charge on any atom is 0.330 e. The van der Waals surface area contributed by atoms with Gasteiger partial charge in [-0.3, -0.25) is 4.79 Å². The second-order valence-electron chi connectivity index (χ2n) is 4.06. The topological polar surface area (TPSA) is 68.3 Å². The van der Waals surface area contributed by atoms with Gasteiger partial charge in [0.15, 0.2) is 0 Å². The van der Waals surface area contributed by atoms with E-state index >= 15 is 0 Å². The van der Waals surface area contributed by atoms with E-state index in [1.54, 1.807) is 0 Å². The Labute approximate surface area is 118 Å². The average molecular weight is 336 g/mol. The fourth-order valence-electron chi connectivity index (χ4n) is 1.24. The van der Waals surface area contributed by atoms with Gasteiger partial charge in [0.05, 0.1) is 12.7 Å². The number of pyridine rings is 1. The maximum atomic E-state index is 12.0. The van der Waals surface area contributed by atoms with Gasteiger partial charge in [-0.15, -0.1) is 0 Å². The Kier molecular flexibility index (Phi) is 4.70. The van der Waals surface area contributed by atoms with Crippen LogP contribution in [-0.4, -0.2) is 29.5 Å². The van der Waals surface area contributed by atoms with Gasteiger partial charge in [0, 0.05) is 10.7 Å². The van der Waals surface area contributed by atoms with Gasteiger partial charge >= 0.3 is 5.97 Å². The first-order valence-electron chi connectivity index (χ1n) is 5.00. The molecule has 1 heterocycles. The monoisotopic (exact) mass is 334 g/mol. The molecule has 0 aliphatic carbocycles. The largest absolute Gasteiger partial charge is 0.467 e. The normalized spacial score (nSPS) is 10.9. The molecule has 0 atom stereocenters.